The molecule has 0 aromatic carbocycles. The van der Waals surface area contributed by atoms with Gasteiger partial charge in [0.1, 0.15) is 11.5 Å². The molecule has 6 heteroatoms. The molecule has 0 saturated carbocycles. The largest absolute Gasteiger partial charge is 0.367 e. The van der Waals surface area contributed by atoms with E-state index in [-0.39, 0.29) is 0 Å². The minimum Gasteiger partial charge on any atom is -0.367 e. The molecule has 5 rings (SSSR count). The van der Waals surface area contributed by atoms with Crippen LogP contribution in [0.25, 0.3) is 28.2 Å². The number of pyridine rings is 3. The molecule has 0 bridgehead atoms. The molecule has 0 aliphatic carbocycles. The van der Waals surface area contributed by atoms with Crippen molar-refractivity contribution in [2.75, 3.05) is 18.4 Å². The maximum atomic E-state index is 4.87. The van der Waals surface area contributed by atoms with Crippen LogP contribution in [0, 0.1) is 6.92 Å². The van der Waals surface area contributed by atoms with Gasteiger partial charge in [0.15, 0.2) is 0 Å². The Kier molecular flexibility index (Phi) is 4.69. The van der Waals surface area contributed by atoms with Crippen LogP contribution in [0.5, 0.6) is 0 Å². The van der Waals surface area contributed by atoms with E-state index in [9.17, 15) is 0 Å². The van der Waals surface area contributed by atoms with Crippen LogP contribution in [0.4, 0.5) is 5.82 Å². The summed E-state index contributed by atoms with van der Waals surface area (Å²) in [6.07, 6.45) is 8.15. The third kappa shape index (κ3) is 3.71. The molecule has 146 valence electrons. The molecule has 0 radical (unpaired) electrons. The number of rotatable bonds is 4. The van der Waals surface area contributed by atoms with Crippen LogP contribution in [0.2, 0.25) is 0 Å². The number of hydrogen-bond acceptors (Lipinski definition) is 5. The van der Waals surface area contributed by atoms with Crippen molar-refractivity contribution < 1.29 is 0 Å². The summed E-state index contributed by atoms with van der Waals surface area (Å²) in [6.45, 7) is 4.11. The highest BCUT2D eigenvalue weighted by Gasteiger charge is 2.14. The molecule has 2 N–H and O–H groups in total. The van der Waals surface area contributed by atoms with Gasteiger partial charge in [-0.25, -0.2) is 9.97 Å². The van der Waals surface area contributed by atoms with Gasteiger partial charge in [0.05, 0.1) is 17.6 Å². The van der Waals surface area contributed by atoms with Gasteiger partial charge in [0, 0.05) is 35.3 Å². The van der Waals surface area contributed by atoms with Gasteiger partial charge in [0.25, 0.3) is 0 Å². The van der Waals surface area contributed by atoms with E-state index in [1.54, 1.807) is 0 Å². The van der Waals surface area contributed by atoms with E-state index in [0.29, 0.717) is 6.04 Å². The third-order valence-electron chi connectivity index (χ3n) is 5.45. The van der Waals surface area contributed by atoms with Crippen LogP contribution in [0.1, 0.15) is 18.5 Å². The molecule has 1 saturated heterocycles. The summed E-state index contributed by atoms with van der Waals surface area (Å²) in [5, 5.41) is 6.98. The molecule has 6 nitrogen and oxygen atoms in total. The second-order valence-corrected chi connectivity index (χ2v) is 7.55. The van der Waals surface area contributed by atoms with Gasteiger partial charge < -0.3 is 10.6 Å². The lowest BCUT2D eigenvalue weighted by Crippen LogP contribution is -2.35. The Bertz CT molecular complexity index is 1130. The van der Waals surface area contributed by atoms with Gasteiger partial charge in [-0.15, -0.1) is 0 Å². The van der Waals surface area contributed by atoms with Gasteiger partial charge >= 0.3 is 0 Å². The summed E-state index contributed by atoms with van der Waals surface area (Å²) < 4.78 is 2.10. The zero-order valence-electron chi connectivity index (χ0n) is 16.5. The summed E-state index contributed by atoms with van der Waals surface area (Å²) >= 11 is 0. The van der Waals surface area contributed by atoms with Gasteiger partial charge in [-0.2, -0.15) is 0 Å². The van der Waals surface area contributed by atoms with Crippen LogP contribution in [-0.2, 0) is 0 Å². The lowest BCUT2D eigenvalue weighted by Gasteiger charge is -2.24. The molecule has 1 aliphatic heterocycles. The first-order valence-corrected chi connectivity index (χ1v) is 10.1. The zero-order chi connectivity index (χ0) is 19.6. The lowest BCUT2D eigenvalue weighted by molar-refractivity contribution is 0.478. The predicted molar refractivity (Wildman–Crippen MR) is 116 cm³/mol. The standard InChI is InChI=1S/C23H24N6/c1-16-5-6-17(13-25-16)18-7-8-23-26-14-21(29(23)15-18)20-3-2-4-22(28-20)27-19-9-11-24-12-10-19/h2-8,13-15,19,24H,9-12H2,1H3,(H,27,28). The fourth-order valence-electron chi connectivity index (χ4n) is 3.81. The van der Waals surface area contributed by atoms with Crippen LogP contribution < -0.4 is 10.6 Å². The van der Waals surface area contributed by atoms with E-state index in [1.807, 2.05) is 43.6 Å². The Morgan fingerprint density at radius 3 is 2.66 bits per heavy atom. The lowest BCUT2D eigenvalue weighted by atomic mass is 10.1. The van der Waals surface area contributed by atoms with Gasteiger partial charge in [-0.1, -0.05) is 12.1 Å². The fourth-order valence-corrected chi connectivity index (χ4v) is 3.81. The number of aryl methyl sites for hydroxylation is 1. The molecular weight excluding hydrogens is 360 g/mol. The van der Waals surface area contributed by atoms with Crippen molar-refractivity contribution in [1.29, 1.82) is 0 Å². The van der Waals surface area contributed by atoms with E-state index in [1.165, 1.54) is 0 Å². The first-order valence-electron chi connectivity index (χ1n) is 10.1. The van der Waals surface area contributed by atoms with Crippen LogP contribution in [0.3, 0.4) is 0 Å². The summed E-state index contributed by atoms with van der Waals surface area (Å²) in [5.41, 5.74) is 6.01. The molecular formula is C23H24N6. The maximum absolute atomic E-state index is 4.87. The van der Waals surface area contributed by atoms with Crippen molar-refractivity contribution in [3.05, 3.63) is 66.7 Å². The Morgan fingerprint density at radius 1 is 0.966 bits per heavy atom. The van der Waals surface area contributed by atoms with Crippen LogP contribution in [0.15, 0.2) is 61.1 Å². The topological polar surface area (TPSA) is 67.1 Å². The van der Waals surface area contributed by atoms with Gasteiger partial charge in [-0.3, -0.25) is 9.38 Å². The van der Waals surface area contributed by atoms with E-state index >= 15 is 0 Å². The Morgan fingerprint density at radius 2 is 1.83 bits per heavy atom. The van der Waals surface area contributed by atoms with Crippen LogP contribution >= 0.6 is 0 Å². The van der Waals surface area contributed by atoms with Crippen molar-refractivity contribution in [3.8, 4) is 22.5 Å². The first-order chi connectivity index (χ1) is 14.3. The Labute approximate surface area is 170 Å². The van der Waals surface area contributed by atoms with Crippen molar-refractivity contribution in [2.45, 2.75) is 25.8 Å². The maximum Gasteiger partial charge on any atom is 0.137 e. The molecule has 0 unspecified atom stereocenters. The normalized spacial score (nSPS) is 14.9. The summed E-state index contributed by atoms with van der Waals surface area (Å²) in [7, 11) is 0. The van der Waals surface area contributed by atoms with Crippen molar-refractivity contribution in [2.24, 2.45) is 0 Å². The Balaban J connectivity index is 1.49. The van der Waals surface area contributed by atoms with Crippen molar-refractivity contribution in [1.82, 2.24) is 24.7 Å². The minimum absolute atomic E-state index is 0.474. The Hall–Kier alpha value is -3.25. The van der Waals surface area contributed by atoms with E-state index < -0.39 is 0 Å². The summed E-state index contributed by atoms with van der Waals surface area (Å²) in [5.74, 6) is 0.920. The van der Waals surface area contributed by atoms with Gasteiger partial charge in [-0.05, 0) is 63.2 Å². The van der Waals surface area contributed by atoms with E-state index in [4.69, 9.17) is 4.98 Å². The number of hydrogen-bond donors (Lipinski definition) is 2. The van der Waals surface area contributed by atoms with Gasteiger partial charge in [0.2, 0.25) is 0 Å². The summed E-state index contributed by atoms with van der Waals surface area (Å²) in [6, 6.07) is 14.9. The van der Waals surface area contributed by atoms with E-state index in [2.05, 4.69) is 49.4 Å². The highest BCUT2D eigenvalue weighted by atomic mass is 15.1. The number of aromatic nitrogens is 4. The molecule has 0 amide bonds. The monoisotopic (exact) mass is 384 g/mol. The summed E-state index contributed by atoms with van der Waals surface area (Å²) in [4.78, 5) is 13.9. The number of nitrogens with zero attached hydrogens (tertiary/aromatic N) is 4. The third-order valence-corrected chi connectivity index (χ3v) is 5.45. The van der Waals surface area contributed by atoms with E-state index in [0.717, 1.165) is 65.6 Å². The zero-order valence-corrected chi connectivity index (χ0v) is 16.5. The minimum atomic E-state index is 0.474. The molecule has 5 heterocycles. The number of fused-ring (bicyclic) bond motifs is 1. The van der Waals surface area contributed by atoms with Crippen molar-refractivity contribution in [3.63, 3.8) is 0 Å². The second-order valence-electron chi connectivity index (χ2n) is 7.55. The smallest absolute Gasteiger partial charge is 0.137 e. The predicted octanol–water partition coefficient (Wildman–Crippen LogP) is 3.93. The molecule has 4 aromatic rings. The average molecular weight is 384 g/mol. The quantitative estimate of drug-likeness (QED) is 0.558. The van der Waals surface area contributed by atoms with Crippen molar-refractivity contribution >= 4 is 11.5 Å². The number of nitrogens with one attached hydrogen (secondary N) is 2. The van der Waals surface area contributed by atoms with Crippen LogP contribution in [-0.4, -0.2) is 38.5 Å². The number of anilines is 1. The second kappa shape index (κ2) is 7.64. The molecule has 1 fully saturated rings. The molecule has 29 heavy (non-hydrogen) atoms. The highest BCUT2D eigenvalue weighted by Crippen LogP contribution is 2.25. The first kappa shape index (κ1) is 17.8. The average Bonchev–Trinajstić information content (AvgIpc) is 3.18. The molecule has 0 spiro atoms. The highest BCUT2D eigenvalue weighted by molar-refractivity contribution is 5.68. The fraction of sp³-hybridized carbons (Fsp3) is 0.261. The number of imidazole rings is 1. The molecule has 1 aliphatic rings. The molecule has 0 atom stereocenters. The molecule has 4 aromatic heterocycles. The number of piperidine rings is 1. The SMILES string of the molecule is Cc1ccc(-c2ccc3ncc(-c4cccc(NC5CCNCC5)n4)n3c2)cn1.